The summed E-state index contributed by atoms with van der Waals surface area (Å²) in [5.74, 6) is 1.63. The second-order valence-corrected chi connectivity index (χ2v) is 10.0. The van der Waals surface area contributed by atoms with Crippen molar-refractivity contribution >= 4 is 0 Å². The van der Waals surface area contributed by atoms with E-state index in [4.69, 9.17) is 0 Å². The van der Waals surface area contributed by atoms with E-state index in [0.29, 0.717) is 0 Å². The predicted octanol–water partition coefficient (Wildman–Crippen LogP) is 9.24. The maximum atomic E-state index is 4.22. The maximum Gasteiger partial charge on any atom is 0.144 e. The third kappa shape index (κ3) is 6.17. The summed E-state index contributed by atoms with van der Waals surface area (Å²) >= 11 is 0. The van der Waals surface area contributed by atoms with Gasteiger partial charge in [-0.3, -0.25) is 0 Å². The van der Waals surface area contributed by atoms with Gasteiger partial charge in [-0.15, -0.1) is 5.10 Å². The van der Waals surface area contributed by atoms with Crippen molar-refractivity contribution in [3.05, 3.63) is 72.1 Å². The van der Waals surface area contributed by atoms with Crippen LogP contribution in [0.1, 0.15) is 103 Å². The summed E-state index contributed by atoms with van der Waals surface area (Å²) in [6.45, 7) is 9.49. The molecule has 0 saturated heterocycles. The Bertz CT molecular complexity index is 867. The van der Waals surface area contributed by atoms with E-state index in [1.807, 2.05) is 0 Å². The molecule has 34 heavy (non-hydrogen) atoms. The summed E-state index contributed by atoms with van der Waals surface area (Å²) in [4.78, 5) is 0. The molecule has 1 aliphatic carbocycles. The Hall–Kier alpha value is -2.42. The monoisotopic (exact) mass is 460 g/mol. The van der Waals surface area contributed by atoms with Crippen LogP contribution >= 0.6 is 0 Å². The highest BCUT2D eigenvalue weighted by Crippen LogP contribution is 2.56. The molecule has 2 atom stereocenters. The third-order valence-electron chi connectivity index (χ3n) is 7.82. The van der Waals surface area contributed by atoms with E-state index in [1.165, 1.54) is 87.8 Å². The zero-order valence-electron chi connectivity index (χ0n) is 21.8. The van der Waals surface area contributed by atoms with Gasteiger partial charge in [0.25, 0.3) is 0 Å². The first-order valence-electron chi connectivity index (χ1n) is 13.6. The molecule has 0 bridgehead atoms. The zero-order valence-corrected chi connectivity index (χ0v) is 21.8. The number of hydrogen-bond acceptors (Lipinski definition) is 3. The SMILES string of the molecule is CCCCC(CC)CC1(CC(CC)CCCC)c2ccccc2-c2ccccc21.c1conn1. The molecular weight excluding hydrogens is 416 g/mol. The average Bonchev–Trinajstić information content (AvgIpc) is 3.55. The van der Waals surface area contributed by atoms with Gasteiger partial charge in [0.1, 0.15) is 6.26 Å². The molecule has 2 unspecified atom stereocenters. The molecule has 184 valence electrons. The van der Waals surface area contributed by atoms with Crippen LogP contribution in [0.4, 0.5) is 0 Å². The molecular formula is C31H44N2O. The minimum atomic E-state index is 0.204. The van der Waals surface area contributed by atoms with Gasteiger partial charge in [-0.25, -0.2) is 0 Å². The van der Waals surface area contributed by atoms with Crippen LogP contribution in [0.5, 0.6) is 0 Å². The molecule has 1 aromatic heterocycles. The summed E-state index contributed by atoms with van der Waals surface area (Å²) in [7, 11) is 0. The van der Waals surface area contributed by atoms with Crippen LogP contribution in [0.2, 0.25) is 0 Å². The van der Waals surface area contributed by atoms with Crippen LogP contribution in [0.3, 0.4) is 0 Å². The summed E-state index contributed by atoms with van der Waals surface area (Å²) in [6, 6.07) is 18.7. The number of unbranched alkanes of at least 4 members (excludes halogenated alkanes) is 2. The molecule has 1 aliphatic rings. The first kappa shape index (κ1) is 26.2. The molecule has 0 fully saturated rings. The lowest BCUT2D eigenvalue weighted by Crippen LogP contribution is -2.31. The van der Waals surface area contributed by atoms with Gasteiger partial charge in [-0.2, -0.15) is 0 Å². The van der Waals surface area contributed by atoms with Crippen molar-refractivity contribution in [2.24, 2.45) is 11.8 Å². The van der Waals surface area contributed by atoms with Gasteiger partial charge in [-0.05, 0) is 46.9 Å². The van der Waals surface area contributed by atoms with Crippen LogP contribution in [-0.2, 0) is 5.41 Å². The number of aromatic nitrogens is 2. The minimum absolute atomic E-state index is 0.204. The standard InChI is InChI=1S/C29H42.C2H2N2O/c1-5-9-15-23(7-3)21-29(22-24(8-4)16-10-6-2)27-19-13-11-17-25(27)26-18-12-14-20-28(26)29;1-2-5-4-3-1/h11-14,17-20,23-24H,5-10,15-16,21-22H2,1-4H3;1-2H. The van der Waals surface area contributed by atoms with Gasteiger partial charge in [0, 0.05) is 10.7 Å². The van der Waals surface area contributed by atoms with Gasteiger partial charge in [-0.1, -0.05) is 128 Å². The highest BCUT2D eigenvalue weighted by Gasteiger charge is 2.44. The van der Waals surface area contributed by atoms with Gasteiger partial charge in [0.15, 0.2) is 0 Å². The quantitative estimate of drug-likeness (QED) is 0.270. The van der Waals surface area contributed by atoms with Crippen molar-refractivity contribution in [2.75, 3.05) is 0 Å². The fourth-order valence-corrected chi connectivity index (χ4v) is 5.95. The lowest BCUT2D eigenvalue weighted by Gasteiger charge is -2.38. The Balaban J connectivity index is 0.000000574. The van der Waals surface area contributed by atoms with Crippen molar-refractivity contribution < 1.29 is 4.52 Å². The zero-order chi connectivity index (χ0) is 24.2. The Labute approximate surface area is 207 Å². The smallest absolute Gasteiger partial charge is 0.144 e. The first-order valence-corrected chi connectivity index (χ1v) is 13.6. The molecule has 0 N–H and O–H groups in total. The van der Waals surface area contributed by atoms with Crippen LogP contribution in [0, 0.1) is 11.8 Å². The fourth-order valence-electron chi connectivity index (χ4n) is 5.95. The highest BCUT2D eigenvalue weighted by molar-refractivity contribution is 5.81. The van der Waals surface area contributed by atoms with Crippen molar-refractivity contribution in [1.82, 2.24) is 10.4 Å². The van der Waals surface area contributed by atoms with E-state index in [-0.39, 0.29) is 5.41 Å². The summed E-state index contributed by atoms with van der Waals surface area (Å²) in [6.07, 6.45) is 16.2. The number of benzene rings is 2. The molecule has 0 spiro atoms. The number of fused-ring (bicyclic) bond motifs is 3. The van der Waals surface area contributed by atoms with Crippen molar-refractivity contribution in [2.45, 2.75) is 97.3 Å². The second kappa shape index (κ2) is 13.5. The van der Waals surface area contributed by atoms with Gasteiger partial charge >= 0.3 is 0 Å². The lowest BCUT2D eigenvalue weighted by atomic mass is 9.65. The van der Waals surface area contributed by atoms with Crippen molar-refractivity contribution in [3.8, 4) is 11.1 Å². The van der Waals surface area contributed by atoms with Crippen LogP contribution < -0.4 is 0 Å². The van der Waals surface area contributed by atoms with Gasteiger partial charge < -0.3 is 4.52 Å². The van der Waals surface area contributed by atoms with E-state index in [2.05, 4.69) is 91.1 Å². The lowest BCUT2D eigenvalue weighted by molar-refractivity contribution is 0.266. The molecule has 3 aromatic rings. The Morgan fingerprint density at radius 1 is 0.735 bits per heavy atom. The fraction of sp³-hybridized carbons (Fsp3) is 0.548. The van der Waals surface area contributed by atoms with Crippen LogP contribution in [0.15, 0.2) is 65.5 Å². The average molecular weight is 461 g/mol. The molecule has 0 amide bonds. The molecule has 3 nitrogen and oxygen atoms in total. The number of nitrogens with zero attached hydrogens (tertiary/aromatic N) is 2. The second-order valence-electron chi connectivity index (χ2n) is 10.0. The third-order valence-corrected chi connectivity index (χ3v) is 7.82. The number of rotatable bonds is 12. The van der Waals surface area contributed by atoms with Gasteiger partial charge in [0.2, 0.25) is 0 Å². The first-order chi connectivity index (χ1) is 16.7. The summed E-state index contributed by atoms with van der Waals surface area (Å²) < 4.78 is 4.22. The summed E-state index contributed by atoms with van der Waals surface area (Å²) in [5.41, 5.74) is 6.44. The Kier molecular flexibility index (Phi) is 10.4. The Morgan fingerprint density at radius 3 is 1.59 bits per heavy atom. The van der Waals surface area contributed by atoms with E-state index < -0.39 is 0 Å². The highest BCUT2D eigenvalue weighted by atomic mass is 16.5. The largest absolute Gasteiger partial charge is 0.346 e. The molecule has 0 radical (unpaired) electrons. The molecule has 2 aromatic carbocycles. The van der Waals surface area contributed by atoms with Crippen LogP contribution in [0.25, 0.3) is 11.1 Å². The topological polar surface area (TPSA) is 38.9 Å². The predicted molar refractivity (Wildman–Crippen MR) is 143 cm³/mol. The molecule has 0 saturated carbocycles. The molecule has 4 rings (SSSR count). The molecule has 3 heteroatoms. The normalized spacial score (nSPS) is 15.1. The Morgan fingerprint density at radius 2 is 1.24 bits per heavy atom. The van der Waals surface area contributed by atoms with E-state index in [1.54, 1.807) is 11.1 Å². The van der Waals surface area contributed by atoms with E-state index in [0.717, 1.165) is 11.8 Å². The van der Waals surface area contributed by atoms with Gasteiger partial charge in [0.05, 0.1) is 6.20 Å². The van der Waals surface area contributed by atoms with Crippen LogP contribution in [-0.4, -0.2) is 10.4 Å². The van der Waals surface area contributed by atoms with E-state index >= 15 is 0 Å². The molecule has 0 aliphatic heterocycles. The molecule has 1 heterocycles. The number of hydrogen-bond donors (Lipinski definition) is 0. The minimum Gasteiger partial charge on any atom is -0.346 e. The summed E-state index contributed by atoms with van der Waals surface area (Å²) in [5, 5.41) is 6.40. The van der Waals surface area contributed by atoms with E-state index in [9.17, 15) is 0 Å². The van der Waals surface area contributed by atoms with Crippen molar-refractivity contribution in [1.29, 1.82) is 0 Å². The van der Waals surface area contributed by atoms with Crippen molar-refractivity contribution in [3.63, 3.8) is 0 Å². The maximum absolute atomic E-state index is 4.22.